The third kappa shape index (κ3) is 4.43. The average Bonchev–Trinajstić information content (AvgIpc) is 2.26. The zero-order chi connectivity index (χ0) is 11.8. The van der Waals surface area contributed by atoms with Gasteiger partial charge in [0, 0.05) is 12.2 Å². The molecular formula is C13H15FO2. The normalized spacial score (nSPS) is 9.69. The average molecular weight is 222 g/mol. The first-order chi connectivity index (χ1) is 7.76. The number of aliphatic hydroxyl groups excluding tert-OH is 1. The third-order valence-corrected chi connectivity index (χ3v) is 1.89. The Morgan fingerprint density at radius 2 is 2.19 bits per heavy atom. The van der Waals surface area contributed by atoms with Gasteiger partial charge in [-0.1, -0.05) is 18.8 Å². The van der Waals surface area contributed by atoms with Crippen molar-refractivity contribution in [2.45, 2.75) is 20.0 Å². The summed E-state index contributed by atoms with van der Waals surface area (Å²) < 4.78 is 18.5. The van der Waals surface area contributed by atoms with Gasteiger partial charge in [0.15, 0.2) is 0 Å². The number of ether oxygens (including phenoxy) is 1. The highest BCUT2D eigenvalue weighted by Gasteiger charge is 1.99. The second-order valence-corrected chi connectivity index (χ2v) is 3.36. The predicted molar refractivity (Wildman–Crippen MR) is 60.3 cm³/mol. The first kappa shape index (κ1) is 12.7. The van der Waals surface area contributed by atoms with Gasteiger partial charge in [0.1, 0.15) is 12.4 Å². The minimum atomic E-state index is -0.333. The highest BCUT2D eigenvalue weighted by Crippen LogP contribution is 2.09. The van der Waals surface area contributed by atoms with Gasteiger partial charge in [-0.15, -0.1) is 0 Å². The maximum atomic E-state index is 13.2. The molecule has 0 atom stereocenters. The molecule has 2 nitrogen and oxygen atoms in total. The van der Waals surface area contributed by atoms with Crippen LogP contribution in [0.5, 0.6) is 0 Å². The summed E-state index contributed by atoms with van der Waals surface area (Å²) >= 11 is 0. The van der Waals surface area contributed by atoms with E-state index in [0.29, 0.717) is 18.8 Å². The maximum Gasteiger partial charge on any atom is 0.124 e. The van der Waals surface area contributed by atoms with E-state index < -0.39 is 0 Å². The van der Waals surface area contributed by atoms with E-state index in [1.165, 1.54) is 12.1 Å². The molecule has 1 aromatic carbocycles. The molecule has 0 aliphatic heterocycles. The minimum absolute atomic E-state index is 0.224. The molecule has 0 heterocycles. The van der Waals surface area contributed by atoms with E-state index in [0.717, 1.165) is 12.0 Å². The van der Waals surface area contributed by atoms with Crippen molar-refractivity contribution in [1.82, 2.24) is 0 Å². The highest BCUT2D eigenvalue weighted by molar-refractivity contribution is 5.37. The Labute approximate surface area is 95.1 Å². The Morgan fingerprint density at radius 1 is 1.38 bits per heavy atom. The summed E-state index contributed by atoms with van der Waals surface area (Å²) in [5.74, 6) is 4.82. The Bertz CT molecular complexity index is 391. The van der Waals surface area contributed by atoms with Crippen LogP contribution in [0.4, 0.5) is 4.39 Å². The van der Waals surface area contributed by atoms with Crippen molar-refractivity contribution in [2.75, 3.05) is 13.2 Å². The van der Waals surface area contributed by atoms with Gasteiger partial charge in [0.25, 0.3) is 0 Å². The lowest BCUT2D eigenvalue weighted by molar-refractivity contribution is 0.121. The maximum absolute atomic E-state index is 13.2. The van der Waals surface area contributed by atoms with E-state index >= 15 is 0 Å². The summed E-state index contributed by atoms with van der Waals surface area (Å²) in [7, 11) is 0. The van der Waals surface area contributed by atoms with Crippen molar-refractivity contribution in [3.8, 4) is 11.8 Å². The molecule has 1 aromatic rings. The van der Waals surface area contributed by atoms with Crippen LogP contribution in [0.1, 0.15) is 24.5 Å². The number of hydrogen-bond acceptors (Lipinski definition) is 2. The van der Waals surface area contributed by atoms with Crippen LogP contribution in [0, 0.1) is 17.7 Å². The molecule has 0 spiro atoms. The van der Waals surface area contributed by atoms with E-state index in [1.807, 2.05) is 6.92 Å². The van der Waals surface area contributed by atoms with E-state index in [-0.39, 0.29) is 12.4 Å². The van der Waals surface area contributed by atoms with Crippen LogP contribution >= 0.6 is 0 Å². The second kappa shape index (κ2) is 7.00. The van der Waals surface area contributed by atoms with Gasteiger partial charge in [0.05, 0.1) is 6.61 Å². The van der Waals surface area contributed by atoms with E-state index in [2.05, 4.69) is 11.8 Å². The molecule has 16 heavy (non-hydrogen) atoms. The first-order valence-corrected chi connectivity index (χ1v) is 5.23. The molecule has 0 radical (unpaired) electrons. The molecule has 3 heteroatoms. The van der Waals surface area contributed by atoms with Crippen LogP contribution in [-0.2, 0) is 11.3 Å². The van der Waals surface area contributed by atoms with Crippen molar-refractivity contribution in [1.29, 1.82) is 0 Å². The van der Waals surface area contributed by atoms with Crippen LogP contribution in [0.15, 0.2) is 18.2 Å². The molecule has 0 unspecified atom stereocenters. The van der Waals surface area contributed by atoms with Gasteiger partial charge >= 0.3 is 0 Å². The molecule has 1 N–H and O–H groups in total. The summed E-state index contributed by atoms with van der Waals surface area (Å²) in [5, 5.41) is 8.55. The van der Waals surface area contributed by atoms with Crippen molar-refractivity contribution in [3.63, 3.8) is 0 Å². The summed E-state index contributed by atoms with van der Waals surface area (Å²) in [5.41, 5.74) is 1.32. The Hall–Kier alpha value is -1.37. The van der Waals surface area contributed by atoms with Gasteiger partial charge in [0.2, 0.25) is 0 Å². The lowest BCUT2D eigenvalue weighted by Crippen LogP contribution is -1.95. The molecule has 0 amide bonds. The van der Waals surface area contributed by atoms with Crippen molar-refractivity contribution in [2.24, 2.45) is 0 Å². The zero-order valence-corrected chi connectivity index (χ0v) is 9.29. The summed E-state index contributed by atoms with van der Waals surface area (Å²) in [6.07, 6.45) is 0.937. The summed E-state index contributed by atoms with van der Waals surface area (Å²) in [6.45, 7) is 2.84. The van der Waals surface area contributed by atoms with E-state index in [4.69, 9.17) is 9.84 Å². The SMILES string of the molecule is CCCOCc1cc(F)cc(C#CCO)c1. The number of aliphatic hydroxyl groups is 1. The Balaban J connectivity index is 2.73. The number of rotatable bonds is 4. The monoisotopic (exact) mass is 222 g/mol. The Morgan fingerprint density at radius 3 is 2.88 bits per heavy atom. The Kier molecular flexibility index (Phi) is 5.55. The van der Waals surface area contributed by atoms with Gasteiger partial charge in [-0.3, -0.25) is 0 Å². The highest BCUT2D eigenvalue weighted by atomic mass is 19.1. The van der Waals surface area contributed by atoms with E-state index in [1.54, 1.807) is 6.07 Å². The summed E-state index contributed by atoms with van der Waals surface area (Å²) in [4.78, 5) is 0. The largest absolute Gasteiger partial charge is 0.384 e. The fourth-order valence-corrected chi connectivity index (χ4v) is 1.28. The molecule has 0 aliphatic rings. The predicted octanol–water partition coefficient (Wildman–Crippen LogP) is 2.10. The van der Waals surface area contributed by atoms with Crippen LogP contribution < -0.4 is 0 Å². The molecule has 86 valence electrons. The van der Waals surface area contributed by atoms with Gasteiger partial charge in [-0.2, -0.15) is 0 Å². The number of halogens is 1. The van der Waals surface area contributed by atoms with Crippen LogP contribution in [0.25, 0.3) is 0 Å². The van der Waals surface area contributed by atoms with Crippen molar-refractivity contribution >= 4 is 0 Å². The fraction of sp³-hybridized carbons (Fsp3) is 0.385. The minimum Gasteiger partial charge on any atom is -0.384 e. The quantitative estimate of drug-likeness (QED) is 0.624. The van der Waals surface area contributed by atoms with Gasteiger partial charge in [-0.05, 0) is 30.2 Å². The topological polar surface area (TPSA) is 29.5 Å². The molecule has 0 bridgehead atoms. The van der Waals surface area contributed by atoms with Crippen LogP contribution in [-0.4, -0.2) is 18.3 Å². The fourth-order valence-electron chi connectivity index (χ4n) is 1.28. The van der Waals surface area contributed by atoms with Gasteiger partial charge < -0.3 is 9.84 Å². The third-order valence-electron chi connectivity index (χ3n) is 1.89. The standard InChI is InChI=1S/C13H15FO2/c1-2-6-16-10-12-7-11(4-3-5-15)8-13(14)9-12/h7-9,15H,2,5-6,10H2,1H3. The van der Waals surface area contributed by atoms with Crippen LogP contribution in [0.2, 0.25) is 0 Å². The number of benzene rings is 1. The van der Waals surface area contributed by atoms with Crippen molar-refractivity contribution < 1.29 is 14.2 Å². The van der Waals surface area contributed by atoms with Gasteiger partial charge in [-0.25, -0.2) is 4.39 Å². The summed E-state index contributed by atoms with van der Waals surface area (Å²) in [6, 6.07) is 4.53. The molecular weight excluding hydrogens is 207 g/mol. The van der Waals surface area contributed by atoms with E-state index in [9.17, 15) is 4.39 Å². The van der Waals surface area contributed by atoms with Crippen LogP contribution in [0.3, 0.4) is 0 Å². The smallest absolute Gasteiger partial charge is 0.124 e. The van der Waals surface area contributed by atoms with Crippen molar-refractivity contribution in [3.05, 3.63) is 35.1 Å². The molecule has 0 saturated heterocycles. The molecule has 1 rings (SSSR count). The molecule has 0 aliphatic carbocycles. The lowest BCUT2D eigenvalue weighted by Gasteiger charge is -2.03. The molecule has 0 saturated carbocycles. The first-order valence-electron chi connectivity index (χ1n) is 5.23. The second-order valence-electron chi connectivity index (χ2n) is 3.36. The zero-order valence-electron chi connectivity index (χ0n) is 9.29. The molecule has 0 fully saturated rings. The molecule has 0 aromatic heterocycles. The lowest BCUT2D eigenvalue weighted by atomic mass is 10.1. The number of hydrogen-bond donors (Lipinski definition) is 1.